The molecule has 0 saturated heterocycles. The van der Waals surface area contributed by atoms with E-state index in [-0.39, 0.29) is 6.42 Å². The molecule has 0 atom stereocenters. The van der Waals surface area contributed by atoms with Crippen LogP contribution in [0.5, 0.6) is 5.75 Å². The Morgan fingerprint density at radius 3 is 2.00 bits per heavy atom. The van der Waals surface area contributed by atoms with E-state index in [0.29, 0.717) is 39.5 Å². The van der Waals surface area contributed by atoms with Gasteiger partial charge in [0.25, 0.3) is 0 Å². The molecular formula is C23H29NO5. The predicted octanol–water partition coefficient (Wildman–Crippen LogP) is 4.18. The average molecular weight is 399 g/mol. The zero-order valence-electron chi connectivity index (χ0n) is 16.8. The molecule has 0 unspecified atom stereocenters. The minimum absolute atomic E-state index is 0.132. The van der Waals surface area contributed by atoms with Gasteiger partial charge >= 0.3 is 5.97 Å². The molecule has 0 aliphatic carbocycles. The van der Waals surface area contributed by atoms with E-state index in [1.165, 1.54) is 0 Å². The van der Waals surface area contributed by atoms with Crippen molar-refractivity contribution < 1.29 is 24.1 Å². The summed E-state index contributed by atoms with van der Waals surface area (Å²) in [6, 6.07) is 16.1. The molecule has 0 amide bonds. The zero-order chi connectivity index (χ0) is 20.7. The van der Waals surface area contributed by atoms with Crippen molar-refractivity contribution in [3.05, 3.63) is 59.7 Å². The van der Waals surface area contributed by atoms with E-state index in [4.69, 9.17) is 19.3 Å². The zero-order valence-corrected chi connectivity index (χ0v) is 16.8. The Bertz CT molecular complexity index is 741. The minimum atomic E-state index is -0.800. The molecule has 0 aliphatic rings. The fourth-order valence-corrected chi connectivity index (χ4v) is 2.49. The number of ether oxygens (including phenoxy) is 3. The molecule has 0 heterocycles. The number of anilines is 1. The molecule has 0 saturated carbocycles. The molecule has 0 spiro atoms. The molecule has 6 heteroatoms. The molecule has 2 N–H and O–H groups in total. The number of rotatable bonds is 14. The maximum absolute atomic E-state index is 10.4. The van der Waals surface area contributed by atoms with E-state index >= 15 is 0 Å². The van der Waals surface area contributed by atoms with Crippen molar-refractivity contribution in [2.24, 2.45) is 0 Å². The number of carboxylic acids is 1. The summed E-state index contributed by atoms with van der Waals surface area (Å²) in [5.41, 5.74) is 3.34. The molecule has 156 valence electrons. The number of nitrogens with one attached hydrogen (secondary N) is 1. The molecule has 2 rings (SSSR count). The molecule has 0 fully saturated rings. The SMILES string of the molecule is CNc1ccc(C=Cc2ccc(OCCOCCOCCCC(=O)O)cc2)cc1. The van der Waals surface area contributed by atoms with E-state index in [2.05, 4.69) is 29.6 Å². The fraction of sp³-hybridized carbons (Fsp3) is 0.348. The summed E-state index contributed by atoms with van der Waals surface area (Å²) in [5.74, 6) is -0.000400. The lowest BCUT2D eigenvalue weighted by molar-refractivity contribution is -0.137. The van der Waals surface area contributed by atoms with Gasteiger partial charge < -0.3 is 24.6 Å². The van der Waals surface area contributed by atoms with Crippen LogP contribution in [0.15, 0.2) is 48.5 Å². The first-order chi connectivity index (χ1) is 14.2. The van der Waals surface area contributed by atoms with Gasteiger partial charge in [0.15, 0.2) is 0 Å². The first kappa shape index (κ1) is 22.5. The molecule has 29 heavy (non-hydrogen) atoms. The van der Waals surface area contributed by atoms with Crippen LogP contribution in [0.1, 0.15) is 24.0 Å². The smallest absolute Gasteiger partial charge is 0.303 e. The summed E-state index contributed by atoms with van der Waals surface area (Å²) in [5, 5.41) is 11.6. The predicted molar refractivity (Wildman–Crippen MR) is 115 cm³/mol. The fourth-order valence-electron chi connectivity index (χ4n) is 2.49. The van der Waals surface area contributed by atoms with Crippen LogP contribution in [-0.2, 0) is 14.3 Å². The number of carbonyl (C=O) groups is 1. The number of hydrogen-bond donors (Lipinski definition) is 2. The number of carboxylic acid groups (broad SMARTS) is 1. The Morgan fingerprint density at radius 2 is 1.41 bits per heavy atom. The lowest BCUT2D eigenvalue weighted by Crippen LogP contribution is -2.11. The van der Waals surface area contributed by atoms with Gasteiger partial charge in [-0.2, -0.15) is 0 Å². The van der Waals surface area contributed by atoms with E-state index in [9.17, 15) is 4.79 Å². The molecular weight excluding hydrogens is 370 g/mol. The van der Waals surface area contributed by atoms with Crippen LogP contribution >= 0.6 is 0 Å². The standard InChI is InChI=1S/C23H29NO5/c1-24-21-10-6-19(7-11-21)4-5-20-8-12-22(13-9-20)29-18-17-28-16-15-27-14-2-3-23(25)26/h4-13,24H,2-3,14-18H2,1H3,(H,25,26). The van der Waals surface area contributed by atoms with Crippen molar-refractivity contribution in [1.29, 1.82) is 0 Å². The van der Waals surface area contributed by atoms with Crippen molar-refractivity contribution in [3.8, 4) is 5.75 Å². The molecule has 0 radical (unpaired) electrons. The maximum Gasteiger partial charge on any atom is 0.303 e. The highest BCUT2D eigenvalue weighted by atomic mass is 16.5. The summed E-state index contributed by atoms with van der Waals surface area (Å²) in [6.07, 6.45) is 4.80. The minimum Gasteiger partial charge on any atom is -0.491 e. The first-order valence-electron chi connectivity index (χ1n) is 9.73. The van der Waals surface area contributed by atoms with E-state index in [1.54, 1.807) is 0 Å². The normalized spacial score (nSPS) is 10.9. The summed E-state index contributed by atoms with van der Waals surface area (Å²) in [4.78, 5) is 10.4. The van der Waals surface area contributed by atoms with Gasteiger partial charge in [-0.25, -0.2) is 0 Å². The Morgan fingerprint density at radius 1 is 0.862 bits per heavy atom. The van der Waals surface area contributed by atoms with Crippen LogP contribution in [0.4, 0.5) is 5.69 Å². The van der Waals surface area contributed by atoms with Crippen LogP contribution in [0.25, 0.3) is 12.2 Å². The van der Waals surface area contributed by atoms with Crippen molar-refractivity contribution in [2.75, 3.05) is 45.4 Å². The van der Waals surface area contributed by atoms with Crippen LogP contribution in [-0.4, -0.2) is 51.2 Å². The van der Waals surface area contributed by atoms with Gasteiger partial charge in [0.1, 0.15) is 12.4 Å². The molecule has 2 aromatic rings. The largest absolute Gasteiger partial charge is 0.491 e. The number of aliphatic carboxylic acids is 1. The number of hydrogen-bond acceptors (Lipinski definition) is 5. The Balaban J connectivity index is 1.58. The van der Waals surface area contributed by atoms with Crippen molar-refractivity contribution in [3.63, 3.8) is 0 Å². The van der Waals surface area contributed by atoms with Gasteiger partial charge in [0.2, 0.25) is 0 Å². The van der Waals surface area contributed by atoms with Gasteiger partial charge in [-0.15, -0.1) is 0 Å². The Labute approximate surface area is 172 Å². The molecule has 0 bridgehead atoms. The second-order valence-corrected chi connectivity index (χ2v) is 6.34. The van der Waals surface area contributed by atoms with Crippen LogP contribution in [0, 0.1) is 0 Å². The van der Waals surface area contributed by atoms with Crippen molar-refractivity contribution in [1.82, 2.24) is 0 Å². The summed E-state index contributed by atoms with van der Waals surface area (Å²) >= 11 is 0. The topological polar surface area (TPSA) is 77.0 Å². The molecule has 0 aromatic heterocycles. The average Bonchev–Trinajstić information content (AvgIpc) is 2.74. The van der Waals surface area contributed by atoms with Crippen LogP contribution in [0.3, 0.4) is 0 Å². The summed E-state index contributed by atoms with van der Waals surface area (Å²) < 4.78 is 16.4. The van der Waals surface area contributed by atoms with E-state index < -0.39 is 5.97 Å². The van der Waals surface area contributed by atoms with E-state index in [1.807, 2.05) is 43.4 Å². The highest BCUT2D eigenvalue weighted by molar-refractivity contribution is 5.70. The number of benzene rings is 2. The molecule has 6 nitrogen and oxygen atoms in total. The summed E-state index contributed by atoms with van der Waals surface area (Å²) in [6.45, 7) is 2.30. The van der Waals surface area contributed by atoms with Gasteiger partial charge in [-0.1, -0.05) is 36.4 Å². The van der Waals surface area contributed by atoms with Crippen molar-refractivity contribution >= 4 is 23.8 Å². The summed E-state index contributed by atoms with van der Waals surface area (Å²) in [7, 11) is 1.91. The van der Waals surface area contributed by atoms with Crippen LogP contribution < -0.4 is 10.1 Å². The highest BCUT2D eigenvalue weighted by Crippen LogP contribution is 2.15. The third-order valence-electron chi connectivity index (χ3n) is 4.10. The second-order valence-electron chi connectivity index (χ2n) is 6.34. The molecule has 0 aliphatic heterocycles. The van der Waals surface area contributed by atoms with Gasteiger partial charge in [-0.3, -0.25) is 4.79 Å². The van der Waals surface area contributed by atoms with Gasteiger partial charge in [0.05, 0.1) is 19.8 Å². The lowest BCUT2D eigenvalue weighted by atomic mass is 10.1. The van der Waals surface area contributed by atoms with Gasteiger partial charge in [-0.05, 0) is 41.8 Å². The molecule has 2 aromatic carbocycles. The van der Waals surface area contributed by atoms with Gasteiger partial charge in [0, 0.05) is 25.8 Å². The first-order valence-corrected chi connectivity index (χ1v) is 9.73. The second kappa shape index (κ2) is 13.4. The van der Waals surface area contributed by atoms with E-state index in [0.717, 1.165) is 22.6 Å². The lowest BCUT2D eigenvalue weighted by Gasteiger charge is -2.08. The quantitative estimate of drug-likeness (QED) is 0.367. The monoisotopic (exact) mass is 399 g/mol. The third kappa shape index (κ3) is 9.78. The highest BCUT2D eigenvalue weighted by Gasteiger charge is 1.97. The Kier molecular flexibility index (Phi) is 10.3. The van der Waals surface area contributed by atoms with Crippen molar-refractivity contribution in [2.45, 2.75) is 12.8 Å². The van der Waals surface area contributed by atoms with Crippen LogP contribution in [0.2, 0.25) is 0 Å². The maximum atomic E-state index is 10.4. The Hall–Kier alpha value is -2.83. The third-order valence-corrected chi connectivity index (χ3v) is 4.10.